The Kier molecular flexibility index (Phi) is 7.60. The van der Waals surface area contributed by atoms with E-state index in [-0.39, 0.29) is 24.1 Å². The predicted octanol–water partition coefficient (Wildman–Crippen LogP) is 5.33. The number of nitrogens with zero attached hydrogens (tertiary/aromatic N) is 4. The highest BCUT2D eigenvalue weighted by Crippen LogP contribution is 2.58. The summed E-state index contributed by atoms with van der Waals surface area (Å²) < 4.78 is 78.3. The van der Waals surface area contributed by atoms with Crippen LogP contribution in [0.3, 0.4) is 0 Å². The molecule has 4 aromatic rings. The van der Waals surface area contributed by atoms with Gasteiger partial charge in [-0.15, -0.1) is 13.2 Å². The van der Waals surface area contributed by atoms with E-state index in [0.29, 0.717) is 29.6 Å². The Balaban J connectivity index is 1.40. The summed E-state index contributed by atoms with van der Waals surface area (Å²) >= 11 is 0. The number of hydrogen-bond acceptors (Lipinski definition) is 8. The van der Waals surface area contributed by atoms with Crippen molar-refractivity contribution in [3.63, 3.8) is 0 Å². The van der Waals surface area contributed by atoms with Crippen LogP contribution in [-0.4, -0.2) is 69.8 Å². The van der Waals surface area contributed by atoms with Crippen molar-refractivity contribution in [2.24, 2.45) is 0 Å². The Morgan fingerprint density at radius 1 is 1.04 bits per heavy atom. The third-order valence-corrected chi connectivity index (χ3v) is 9.34. The van der Waals surface area contributed by atoms with Crippen molar-refractivity contribution in [2.75, 3.05) is 43.9 Å². The van der Waals surface area contributed by atoms with Crippen LogP contribution in [0.5, 0.6) is 11.6 Å². The standard InChI is InChI=1S/C31H30F3N5O5S/c1-38(2)13-6-14-43-28-23(37-45(41,42)26-8-5-4-7-25(26)44-31(32,33)34)16-20(17-36-28)19-9-10-22-21(15-19)27-24(18-35-22)39(3)29(40)30(27)11-12-30/h4-5,7-10,15-18,37H,6,11-14H2,1-3H3. The number of alkyl halides is 3. The molecule has 2 aromatic heterocycles. The average Bonchev–Trinajstić information content (AvgIpc) is 3.75. The first-order valence-corrected chi connectivity index (χ1v) is 15.6. The maximum Gasteiger partial charge on any atom is 0.573 e. The van der Waals surface area contributed by atoms with Crippen LogP contribution in [0.15, 0.2) is 65.8 Å². The van der Waals surface area contributed by atoms with Crippen LogP contribution in [0.1, 0.15) is 24.8 Å². The largest absolute Gasteiger partial charge is 0.573 e. The van der Waals surface area contributed by atoms with Crippen molar-refractivity contribution in [1.29, 1.82) is 0 Å². The van der Waals surface area contributed by atoms with Gasteiger partial charge in [0.2, 0.25) is 11.8 Å². The summed E-state index contributed by atoms with van der Waals surface area (Å²) in [4.78, 5) is 24.9. The van der Waals surface area contributed by atoms with Gasteiger partial charge in [0.15, 0.2) is 0 Å². The molecule has 0 saturated heterocycles. The molecule has 1 aliphatic heterocycles. The van der Waals surface area contributed by atoms with Gasteiger partial charge in [-0.05, 0) is 69.3 Å². The van der Waals surface area contributed by atoms with Gasteiger partial charge >= 0.3 is 6.36 Å². The molecule has 0 unspecified atom stereocenters. The molecule has 1 spiro atoms. The Morgan fingerprint density at radius 3 is 2.51 bits per heavy atom. The number of para-hydroxylation sites is 1. The van der Waals surface area contributed by atoms with E-state index in [2.05, 4.69) is 19.4 Å². The number of rotatable bonds is 10. The Bertz CT molecular complexity index is 1910. The zero-order valence-electron chi connectivity index (χ0n) is 24.7. The fourth-order valence-electron chi connectivity index (χ4n) is 5.67. The van der Waals surface area contributed by atoms with E-state index in [9.17, 15) is 26.4 Å². The van der Waals surface area contributed by atoms with Gasteiger partial charge in [-0.3, -0.25) is 14.5 Å². The van der Waals surface area contributed by atoms with Crippen LogP contribution in [0.2, 0.25) is 0 Å². The van der Waals surface area contributed by atoms with E-state index in [1.807, 2.05) is 31.1 Å². The van der Waals surface area contributed by atoms with Crippen molar-refractivity contribution >= 4 is 38.2 Å². The molecule has 236 valence electrons. The second kappa shape index (κ2) is 11.2. The third-order valence-electron chi connectivity index (χ3n) is 7.93. The first-order chi connectivity index (χ1) is 21.3. The molecule has 0 bridgehead atoms. The molecule has 14 heteroatoms. The molecule has 0 atom stereocenters. The van der Waals surface area contributed by atoms with Gasteiger partial charge < -0.3 is 19.3 Å². The average molecular weight is 642 g/mol. The van der Waals surface area contributed by atoms with Crippen molar-refractivity contribution < 1.29 is 35.9 Å². The minimum Gasteiger partial charge on any atom is -0.476 e. The van der Waals surface area contributed by atoms with Crippen LogP contribution < -0.4 is 19.1 Å². The summed E-state index contributed by atoms with van der Waals surface area (Å²) in [5.41, 5.74) is 2.96. The monoisotopic (exact) mass is 641 g/mol. The van der Waals surface area contributed by atoms with Gasteiger partial charge in [-0.2, -0.15) is 0 Å². The van der Waals surface area contributed by atoms with E-state index in [1.54, 1.807) is 24.2 Å². The first kappa shape index (κ1) is 30.6. The molecule has 6 rings (SSSR count). The van der Waals surface area contributed by atoms with E-state index < -0.39 is 32.4 Å². The molecule has 1 saturated carbocycles. The third kappa shape index (κ3) is 5.87. The predicted molar refractivity (Wildman–Crippen MR) is 162 cm³/mol. The van der Waals surface area contributed by atoms with Gasteiger partial charge in [0.1, 0.15) is 16.3 Å². The number of amides is 1. The summed E-state index contributed by atoms with van der Waals surface area (Å²) in [5, 5.41) is 0.810. The fraction of sp³-hybridized carbons (Fsp3) is 0.323. The smallest absolute Gasteiger partial charge is 0.476 e. The highest BCUT2D eigenvalue weighted by atomic mass is 32.2. The van der Waals surface area contributed by atoms with Gasteiger partial charge in [-0.25, -0.2) is 13.4 Å². The van der Waals surface area contributed by atoms with E-state index in [1.165, 1.54) is 24.4 Å². The number of anilines is 2. The zero-order valence-corrected chi connectivity index (χ0v) is 25.5. The topological polar surface area (TPSA) is 114 Å². The van der Waals surface area contributed by atoms with Gasteiger partial charge in [0.05, 0.1) is 29.4 Å². The minimum atomic E-state index is -5.10. The molecule has 45 heavy (non-hydrogen) atoms. The number of carbonyl (C=O) groups excluding carboxylic acids is 1. The van der Waals surface area contributed by atoms with Crippen LogP contribution in [-0.2, 0) is 20.2 Å². The quantitative estimate of drug-likeness (QED) is 0.231. The summed E-state index contributed by atoms with van der Waals surface area (Å²) in [5.74, 6) is -0.872. The zero-order chi connectivity index (χ0) is 32.1. The second-order valence-electron chi connectivity index (χ2n) is 11.4. The molecule has 10 nitrogen and oxygen atoms in total. The SMILES string of the molecule is CN(C)CCCOc1ncc(-c2ccc3ncc4c(c3c2)C2(CC2)C(=O)N4C)cc1NS(=O)(=O)c1ccccc1OC(F)(F)F. The normalized spacial score (nSPS) is 15.5. The van der Waals surface area contributed by atoms with Crippen molar-refractivity contribution in [3.05, 3.63) is 66.5 Å². The number of nitrogens with one attached hydrogen (secondary N) is 1. The number of carbonyl (C=O) groups is 1. The van der Waals surface area contributed by atoms with Gasteiger partial charge in [0.25, 0.3) is 10.0 Å². The summed E-state index contributed by atoms with van der Waals surface area (Å²) in [7, 11) is 0.946. The molecule has 0 radical (unpaired) electrons. The lowest BCUT2D eigenvalue weighted by Gasteiger charge is -2.17. The first-order valence-electron chi connectivity index (χ1n) is 14.2. The van der Waals surface area contributed by atoms with Crippen LogP contribution in [0, 0.1) is 0 Å². The summed E-state index contributed by atoms with van der Waals surface area (Å²) in [6.07, 6.45) is 0.250. The molecule has 1 amide bonds. The van der Waals surface area contributed by atoms with Crippen molar-refractivity contribution in [3.8, 4) is 22.8 Å². The van der Waals surface area contributed by atoms with Gasteiger partial charge in [0, 0.05) is 36.3 Å². The number of ether oxygens (including phenoxy) is 2. The lowest BCUT2D eigenvalue weighted by atomic mass is 9.92. The van der Waals surface area contributed by atoms with Crippen molar-refractivity contribution in [2.45, 2.75) is 35.9 Å². The van der Waals surface area contributed by atoms with E-state index in [0.717, 1.165) is 41.6 Å². The van der Waals surface area contributed by atoms with Crippen LogP contribution in [0.25, 0.3) is 22.0 Å². The molecular formula is C31H30F3N5O5S. The number of hydrogen-bond donors (Lipinski definition) is 1. The Morgan fingerprint density at radius 2 is 1.80 bits per heavy atom. The molecular weight excluding hydrogens is 611 g/mol. The highest BCUT2D eigenvalue weighted by molar-refractivity contribution is 7.92. The number of sulfonamides is 1. The lowest BCUT2D eigenvalue weighted by molar-refractivity contribution is -0.275. The lowest BCUT2D eigenvalue weighted by Crippen LogP contribution is -2.28. The molecule has 1 N–H and O–H groups in total. The van der Waals surface area contributed by atoms with Crippen LogP contribution in [0.4, 0.5) is 24.5 Å². The van der Waals surface area contributed by atoms with Crippen molar-refractivity contribution in [1.82, 2.24) is 14.9 Å². The summed E-state index contributed by atoms with van der Waals surface area (Å²) in [6.45, 7) is 0.917. The maximum absolute atomic E-state index is 13.5. The maximum atomic E-state index is 13.5. The summed E-state index contributed by atoms with van der Waals surface area (Å²) in [6, 6.07) is 11.5. The Hall–Kier alpha value is -4.43. The molecule has 1 fully saturated rings. The minimum absolute atomic E-state index is 0.0391. The van der Waals surface area contributed by atoms with Gasteiger partial charge in [-0.1, -0.05) is 18.2 Å². The number of pyridine rings is 2. The Labute approximate surface area is 257 Å². The second-order valence-corrected chi connectivity index (χ2v) is 13.0. The molecule has 1 aliphatic carbocycles. The number of likely N-dealkylation sites (N-methyl/N-ethyl adjacent to an activating group) is 1. The van der Waals surface area contributed by atoms with E-state index in [4.69, 9.17) is 4.74 Å². The number of halogens is 3. The van der Waals surface area contributed by atoms with Crippen LogP contribution >= 0.6 is 0 Å². The molecule has 2 aromatic carbocycles. The number of fused-ring (bicyclic) bond motifs is 4. The highest BCUT2D eigenvalue weighted by Gasteiger charge is 2.59. The van der Waals surface area contributed by atoms with E-state index >= 15 is 0 Å². The molecule has 3 heterocycles. The molecule has 2 aliphatic rings. The fourth-order valence-corrected chi connectivity index (χ4v) is 6.85. The number of aromatic nitrogens is 2. The number of benzene rings is 2.